The first-order chi connectivity index (χ1) is 14.1. The first kappa shape index (κ1) is 23.0. The maximum absolute atomic E-state index is 13.2. The number of Topliss-reactive ketones (excluding diaryl/α,β-unsaturated/α-hetero) is 1. The van der Waals surface area contributed by atoms with E-state index in [1.54, 1.807) is 18.3 Å². The van der Waals surface area contributed by atoms with Crippen molar-refractivity contribution in [1.29, 1.82) is 0 Å². The van der Waals surface area contributed by atoms with Gasteiger partial charge >= 0.3 is 0 Å². The normalized spacial score (nSPS) is 16.2. The van der Waals surface area contributed by atoms with E-state index in [1.165, 1.54) is 21.6 Å². The van der Waals surface area contributed by atoms with Crippen LogP contribution in [0.1, 0.15) is 82.9 Å². The molecule has 0 fully saturated rings. The molecule has 30 heavy (non-hydrogen) atoms. The SMILES string of the molecule is CCc1sc(C(=O)CCc2cc(C)c(OCC(C)O)c(C)c2)c2c1CC(C)(C)CC2. The summed E-state index contributed by atoms with van der Waals surface area (Å²) in [6.07, 6.45) is 5.11. The minimum absolute atomic E-state index is 0.291. The number of hydrogen-bond acceptors (Lipinski definition) is 4. The highest BCUT2D eigenvalue weighted by molar-refractivity contribution is 7.14. The lowest BCUT2D eigenvalue weighted by atomic mass is 9.74. The number of thiophene rings is 1. The van der Waals surface area contributed by atoms with E-state index < -0.39 is 6.10 Å². The molecule has 1 aromatic heterocycles. The van der Waals surface area contributed by atoms with Crippen molar-refractivity contribution in [3.8, 4) is 5.75 Å². The molecule has 0 bridgehead atoms. The van der Waals surface area contributed by atoms with Crippen LogP contribution in [0.3, 0.4) is 0 Å². The van der Waals surface area contributed by atoms with Crippen molar-refractivity contribution >= 4 is 17.1 Å². The van der Waals surface area contributed by atoms with Crippen LogP contribution in [0.25, 0.3) is 0 Å². The van der Waals surface area contributed by atoms with Gasteiger partial charge in [-0.15, -0.1) is 11.3 Å². The summed E-state index contributed by atoms with van der Waals surface area (Å²) in [4.78, 5) is 15.6. The van der Waals surface area contributed by atoms with Crippen molar-refractivity contribution < 1.29 is 14.6 Å². The molecule has 1 atom stereocenters. The number of carbonyl (C=O) groups excluding carboxylic acids is 1. The largest absolute Gasteiger partial charge is 0.490 e. The van der Waals surface area contributed by atoms with Crippen LogP contribution in [0.15, 0.2) is 12.1 Å². The molecule has 0 saturated heterocycles. The van der Waals surface area contributed by atoms with E-state index in [0.717, 1.165) is 53.9 Å². The third-order valence-electron chi connectivity index (χ3n) is 6.11. The number of carbonyl (C=O) groups is 1. The molecule has 2 aromatic rings. The lowest BCUT2D eigenvalue weighted by Crippen LogP contribution is -2.22. The van der Waals surface area contributed by atoms with Gasteiger partial charge in [-0.3, -0.25) is 4.79 Å². The second-order valence-corrected chi connectivity index (χ2v) is 10.8. The number of aliphatic hydroxyl groups excluding tert-OH is 1. The van der Waals surface area contributed by atoms with Gasteiger partial charge in [0.1, 0.15) is 12.4 Å². The highest BCUT2D eigenvalue weighted by atomic mass is 32.1. The van der Waals surface area contributed by atoms with E-state index in [2.05, 4.69) is 32.9 Å². The summed E-state index contributed by atoms with van der Waals surface area (Å²) in [5.41, 5.74) is 6.43. The van der Waals surface area contributed by atoms with Crippen LogP contribution < -0.4 is 4.74 Å². The minimum atomic E-state index is -0.489. The number of aliphatic hydroxyl groups is 1. The summed E-state index contributed by atoms with van der Waals surface area (Å²) in [7, 11) is 0. The molecule has 0 amide bonds. The maximum Gasteiger partial charge on any atom is 0.173 e. The smallest absolute Gasteiger partial charge is 0.173 e. The lowest BCUT2D eigenvalue weighted by Gasteiger charge is -2.30. The van der Waals surface area contributed by atoms with Gasteiger partial charge in [-0.2, -0.15) is 0 Å². The molecule has 0 aliphatic heterocycles. The number of ketones is 1. The fourth-order valence-corrected chi connectivity index (χ4v) is 5.82. The Morgan fingerprint density at radius 3 is 2.50 bits per heavy atom. The Hall–Kier alpha value is -1.65. The van der Waals surface area contributed by atoms with Crippen LogP contribution in [0.4, 0.5) is 0 Å². The number of fused-ring (bicyclic) bond motifs is 1. The molecule has 0 radical (unpaired) electrons. The predicted molar refractivity (Wildman–Crippen MR) is 125 cm³/mol. The van der Waals surface area contributed by atoms with Gasteiger partial charge in [0.15, 0.2) is 5.78 Å². The van der Waals surface area contributed by atoms with Crippen molar-refractivity contribution in [2.24, 2.45) is 5.41 Å². The molecule has 4 heteroatoms. The molecule has 1 N–H and O–H groups in total. The second kappa shape index (κ2) is 9.23. The summed E-state index contributed by atoms with van der Waals surface area (Å²) in [6.45, 7) is 13.0. The Bertz CT molecular complexity index is 898. The Morgan fingerprint density at radius 1 is 1.23 bits per heavy atom. The highest BCUT2D eigenvalue weighted by Gasteiger charge is 2.31. The molecule has 3 nitrogen and oxygen atoms in total. The zero-order chi connectivity index (χ0) is 22.1. The first-order valence-corrected chi connectivity index (χ1v) is 12.0. The van der Waals surface area contributed by atoms with Gasteiger partial charge < -0.3 is 9.84 Å². The Kier molecular flexibility index (Phi) is 7.09. The van der Waals surface area contributed by atoms with Gasteiger partial charge in [-0.1, -0.05) is 32.9 Å². The zero-order valence-corrected chi connectivity index (χ0v) is 20.2. The van der Waals surface area contributed by atoms with E-state index in [0.29, 0.717) is 24.2 Å². The van der Waals surface area contributed by atoms with Gasteiger partial charge in [0.05, 0.1) is 11.0 Å². The maximum atomic E-state index is 13.2. The summed E-state index contributed by atoms with van der Waals surface area (Å²) in [5.74, 6) is 1.13. The van der Waals surface area contributed by atoms with Crippen molar-refractivity contribution in [3.05, 3.63) is 49.7 Å². The summed E-state index contributed by atoms with van der Waals surface area (Å²) < 4.78 is 5.76. The monoisotopic (exact) mass is 428 g/mol. The zero-order valence-electron chi connectivity index (χ0n) is 19.4. The van der Waals surface area contributed by atoms with Crippen molar-refractivity contribution in [2.75, 3.05) is 6.61 Å². The van der Waals surface area contributed by atoms with E-state index in [1.807, 2.05) is 13.8 Å². The Labute approximate surface area is 185 Å². The summed E-state index contributed by atoms with van der Waals surface area (Å²) >= 11 is 1.74. The molecule has 3 rings (SSSR count). The van der Waals surface area contributed by atoms with Crippen LogP contribution >= 0.6 is 11.3 Å². The number of benzene rings is 1. The number of hydrogen-bond donors (Lipinski definition) is 1. The van der Waals surface area contributed by atoms with E-state index >= 15 is 0 Å². The van der Waals surface area contributed by atoms with Crippen LogP contribution in [0.2, 0.25) is 0 Å². The molecule has 0 saturated carbocycles. The molecular weight excluding hydrogens is 392 g/mol. The fraction of sp³-hybridized carbons (Fsp3) is 0.577. The van der Waals surface area contributed by atoms with Crippen molar-refractivity contribution in [2.45, 2.75) is 86.2 Å². The summed E-state index contributed by atoms with van der Waals surface area (Å²) in [6, 6.07) is 4.23. The molecule has 1 heterocycles. The molecular formula is C26H36O3S. The Balaban J connectivity index is 1.73. The molecule has 1 aliphatic carbocycles. The van der Waals surface area contributed by atoms with E-state index in [-0.39, 0.29) is 0 Å². The molecule has 164 valence electrons. The highest BCUT2D eigenvalue weighted by Crippen LogP contribution is 2.42. The molecule has 1 unspecified atom stereocenters. The topological polar surface area (TPSA) is 46.5 Å². The van der Waals surface area contributed by atoms with Gasteiger partial charge in [0, 0.05) is 11.3 Å². The minimum Gasteiger partial charge on any atom is -0.490 e. The number of ether oxygens (including phenoxy) is 1. The van der Waals surface area contributed by atoms with Crippen molar-refractivity contribution in [1.82, 2.24) is 0 Å². The summed E-state index contributed by atoms with van der Waals surface area (Å²) in [5, 5.41) is 9.47. The predicted octanol–water partition coefficient (Wildman–Crippen LogP) is 6.02. The van der Waals surface area contributed by atoms with Crippen molar-refractivity contribution in [3.63, 3.8) is 0 Å². The molecule has 1 aromatic carbocycles. The second-order valence-electron chi connectivity index (χ2n) is 9.65. The quantitative estimate of drug-likeness (QED) is 0.523. The average molecular weight is 429 g/mol. The third kappa shape index (κ3) is 5.15. The van der Waals surface area contributed by atoms with Crippen LogP contribution in [0, 0.1) is 19.3 Å². The number of rotatable bonds is 8. The van der Waals surface area contributed by atoms with Crippen LogP contribution in [-0.2, 0) is 25.7 Å². The van der Waals surface area contributed by atoms with E-state index in [9.17, 15) is 9.90 Å². The van der Waals surface area contributed by atoms with Crippen LogP contribution in [-0.4, -0.2) is 23.6 Å². The Morgan fingerprint density at radius 2 is 1.90 bits per heavy atom. The fourth-order valence-electron chi connectivity index (χ4n) is 4.55. The van der Waals surface area contributed by atoms with E-state index in [4.69, 9.17) is 4.74 Å². The third-order valence-corrected chi connectivity index (χ3v) is 7.57. The first-order valence-electron chi connectivity index (χ1n) is 11.2. The van der Waals surface area contributed by atoms with Crippen LogP contribution in [0.5, 0.6) is 5.75 Å². The lowest BCUT2D eigenvalue weighted by molar-refractivity contribution is 0.0985. The van der Waals surface area contributed by atoms with Gasteiger partial charge in [-0.05, 0) is 86.1 Å². The van der Waals surface area contributed by atoms with Gasteiger partial charge in [-0.25, -0.2) is 0 Å². The molecule has 0 spiro atoms. The van der Waals surface area contributed by atoms with Gasteiger partial charge in [0.25, 0.3) is 0 Å². The molecule has 1 aliphatic rings. The van der Waals surface area contributed by atoms with Gasteiger partial charge in [0.2, 0.25) is 0 Å². The average Bonchev–Trinajstić information content (AvgIpc) is 3.01. The standard InChI is InChI=1S/C26H36O3S/c1-7-23-21-14-26(5,6)11-10-20(21)25(30-23)22(28)9-8-19-12-16(2)24(17(3)13-19)29-15-18(4)27/h12-13,18,27H,7-11,14-15H2,1-6H3. The number of aryl methyl sites for hydroxylation is 4.